The summed E-state index contributed by atoms with van der Waals surface area (Å²) in [7, 11) is 0. The maximum absolute atomic E-state index is 13.8. The van der Waals surface area contributed by atoms with Crippen molar-refractivity contribution in [2.24, 2.45) is 0 Å². The van der Waals surface area contributed by atoms with Gasteiger partial charge in [-0.05, 0) is 68.5 Å². The van der Waals surface area contributed by atoms with Crippen LogP contribution in [0, 0.1) is 19.7 Å². The Hall–Kier alpha value is -3.28. The van der Waals surface area contributed by atoms with Crippen LogP contribution in [0.2, 0.25) is 0 Å². The van der Waals surface area contributed by atoms with E-state index in [1.807, 2.05) is 36.9 Å². The molecule has 0 atom stereocenters. The molecule has 35 heavy (non-hydrogen) atoms. The number of unbranched alkanes of at least 4 members (excludes halogenated alkanes) is 1. The molecule has 1 aliphatic heterocycles. The normalized spacial score (nSPS) is 14.2. The van der Waals surface area contributed by atoms with Crippen molar-refractivity contribution < 1.29 is 9.18 Å². The smallest absolute Gasteiger partial charge is 0.253 e. The second-order valence-corrected chi connectivity index (χ2v) is 9.40. The minimum atomic E-state index is -0.239. The lowest BCUT2D eigenvalue weighted by atomic mass is 10.0. The van der Waals surface area contributed by atoms with E-state index in [1.165, 1.54) is 24.5 Å². The van der Waals surface area contributed by atoms with Crippen molar-refractivity contribution in [3.8, 4) is 0 Å². The predicted molar refractivity (Wildman–Crippen MR) is 138 cm³/mol. The first kappa shape index (κ1) is 24.8. The van der Waals surface area contributed by atoms with Crippen molar-refractivity contribution >= 4 is 11.7 Å². The van der Waals surface area contributed by atoms with Gasteiger partial charge in [0.05, 0.1) is 0 Å². The molecular weight excluding hydrogens is 439 g/mol. The van der Waals surface area contributed by atoms with Gasteiger partial charge >= 0.3 is 0 Å². The average molecular weight is 475 g/mol. The Morgan fingerprint density at radius 2 is 1.77 bits per heavy atom. The Balaban J connectivity index is 1.49. The topological polar surface area (TPSA) is 49.3 Å². The number of amides is 1. The highest BCUT2D eigenvalue weighted by molar-refractivity contribution is 5.94. The van der Waals surface area contributed by atoms with Crippen LogP contribution in [0.5, 0.6) is 0 Å². The van der Waals surface area contributed by atoms with Gasteiger partial charge in [0.25, 0.3) is 5.91 Å². The number of aryl methyl sites for hydroxylation is 3. The lowest BCUT2D eigenvalue weighted by molar-refractivity contribution is 0.0767. The van der Waals surface area contributed by atoms with Crippen LogP contribution in [0.4, 0.5) is 10.2 Å². The number of rotatable bonds is 7. The third-order valence-electron chi connectivity index (χ3n) is 6.68. The van der Waals surface area contributed by atoms with Crippen molar-refractivity contribution in [2.75, 3.05) is 31.1 Å². The van der Waals surface area contributed by atoms with Crippen LogP contribution < -0.4 is 4.90 Å². The minimum absolute atomic E-state index is 0.0870. The SMILES string of the molecule is CCCCc1ccc(C(=O)N2CCCN(c3nc(C)nc(C)c3Cc3cccc(F)c3)CC2)cc1. The number of hydrogen-bond donors (Lipinski definition) is 0. The molecule has 184 valence electrons. The molecule has 0 radical (unpaired) electrons. The van der Waals surface area contributed by atoms with E-state index in [-0.39, 0.29) is 11.7 Å². The molecule has 0 spiro atoms. The Morgan fingerprint density at radius 1 is 0.971 bits per heavy atom. The van der Waals surface area contributed by atoms with Crippen LogP contribution in [0.15, 0.2) is 48.5 Å². The summed E-state index contributed by atoms with van der Waals surface area (Å²) in [5.74, 6) is 1.47. The number of anilines is 1. The molecule has 1 fully saturated rings. The van der Waals surface area contributed by atoms with Gasteiger partial charge < -0.3 is 9.80 Å². The van der Waals surface area contributed by atoms with Crippen molar-refractivity contribution in [2.45, 2.75) is 52.9 Å². The van der Waals surface area contributed by atoms with Crippen molar-refractivity contribution in [3.63, 3.8) is 0 Å². The highest BCUT2D eigenvalue weighted by Crippen LogP contribution is 2.26. The van der Waals surface area contributed by atoms with Crippen LogP contribution in [-0.4, -0.2) is 47.0 Å². The van der Waals surface area contributed by atoms with Gasteiger partial charge in [-0.3, -0.25) is 4.79 Å². The van der Waals surface area contributed by atoms with Gasteiger partial charge in [0.15, 0.2) is 0 Å². The molecule has 4 rings (SSSR count). The highest BCUT2D eigenvalue weighted by Gasteiger charge is 2.24. The van der Waals surface area contributed by atoms with E-state index in [2.05, 4.69) is 28.9 Å². The number of halogens is 1. The largest absolute Gasteiger partial charge is 0.354 e. The summed E-state index contributed by atoms with van der Waals surface area (Å²) in [6.07, 6.45) is 4.82. The van der Waals surface area contributed by atoms with E-state index in [1.54, 1.807) is 12.1 Å². The molecule has 1 aliphatic rings. The molecule has 0 saturated carbocycles. The molecule has 6 heteroatoms. The van der Waals surface area contributed by atoms with E-state index in [0.717, 1.165) is 60.0 Å². The second-order valence-electron chi connectivity index (χ2n) is 9.40. The molecule has 1 saturated heterocycles. The van der Waals surface area contributed by atoms with Gasteiger partial charge in [-0.25, -0.2) is 14.4 Å². The highest BCUT2D eigenvalue weighted by atomic mass is 19.1. The maximum atomic E-state index is 13.8. The number of nitrogens with zero attached hydrogens (tertiary/aromatic N) is 4. The predicted octanol–water partition coefficient (Wildman–Crippen LogP) is 5.52. The number of aromatic nitrogens is 2. The molecule has 5 nitrogen and oxygen atoms in total. The van der Waals surface area contributed by atoms with Crippen molar-refractivity contribution in [3.05, 3.63) is 88.1 Å². The summed E-state index contributed by atoms with van der Waals surface area (Å²) < 4.78 is 13.8. The van der Waals surface area contributed by atoms with Gasteiger partial charge in [-0.1, -0.05) is 37.6 Å². The Morgan fingerprint density at radius 3 is 2.51 bits per heavy atom. The second kappa shape index (κ2) is 11.4. The fourth-order valence-electron chi connectivity index (χ4n) is 4.75. The number of benzene rings is 2. The van der Waals surface area contributed by atoms with Crippen LogP contribution >= 0.6 is 0 Å². The van der Waals surface area contributed by atoms with Gasteiger partial charge in [0.2, 0.25) is 0 Å². The first-order valence-corrected chi connectivity index (χ1v) is 12.7. The van der Waals surface area contributed by atoms with Gasteiger partial charge in [-0.2, -0.15) is 0 Å². The summed E-state index contributed by atoms with van der Waals surface area (Å²) in [6, 6.07) is 14.8. The van der Waals surface area contributed by atoms with Gasteiger partial charge in [0, 0.05) is 49.4 Å². The maximum Gasteiger partial charge on any atom is 0.253 e. The number of carbonyl (C=O) groups is 1. The van der Waals surface area contributed by atoms with Gasteiger partial charge in [-0.15, -0.1) is 0 Å². The average Bonchev–Trinajstić information content (AvgIpc) is 3.10. The zero-order chi connectivity index (χ0) is 24.8. The molecule has 2 aromatic carbocycles. The third kappa shape index (κ3) is 6.24. The van der Waals surface area contributed by atoms with Gasteiger partial charge in [0.1, 0.15) is 17.5 Å². The zero-order valence-corrected chi connectivity index (χ0v) is 21.1. The van der Waals surface area contributed by atoms with Crippen LogP contribution in [0.1, 0.15) is 64.8 Å². The Kier molecular flexibility index (Phi) is 8.11. The van der Waals surface area contributed by atoms with E-state index in [9.17, 15) is 9.18 Å². The lowest BCUT2D eigenvalue weighted by Gasteiger charge is -2.26. The Bertz CT molecular complexity index is 1160. The fourth-order valence-corrected chi connectivity index (χ4v) is 4.75. The van der Waals surface area contributed by atoms with E-state index in [0.29, 0.717) is 19.5 Å². The van der Waals surface area contributed by atoms with Crippen LogP contribution in [0.3, 0.4) is 0 Å². The molecule has 0 N–H and O–H groups in total. The third-order valence-corrected chi connectivity index (χ3v) is 6.68. The van der Waals surface area contributed by atoms with Crippen molar-refractivity contribution in [1.82, 2.24) is 14.9 Å². The summed E-state index contributed by atoms with van der Waals surface area (Å²) in [4.78, 5) is 26.8. The van der Waals surface area contributed by atoms with Crippen LogP contribution in [-0.2, 0) is 12.8 Å². The quantitative estimate of drug-likeness (QED) is 0.453. The van der Waals surface area contributed by atoms with Crippen molar-refractivity contribution in [1.29, 1.82) is 0 Å². The molecular formula is C29H35FN4O. The molecule has 0 bridgehead atoms. The Labute approximate surface area is 208 Å². The van der Waals surface area contributed by atoms with E-state index in [4.69, 9.17) is 4.98 Å². The summed E-state index contributed by atoms with van der Waals surface area (Å²) in [5.41, 5.74) is 4.86. The minimum Gasteiger partial charge on any atom is -0.354 e. The van der Waals surface area contributed by atoms with E-state index < -0.39 is 0 Å². The zero-order valence-electron chi connectivity index (χ0n) is 21.1. The number of carbonyl (C=O) groups excluding carboxylic acids is 1. The van der Waals surface area contributed by atoms with E-state index >= 15 is 0 Å². The first-order valence-electron chi connectivity index (χ1n) is 12.7. The monoisotopic (exact) mass is 474 g/mol. The van der Waals surface area contributed by atoms with Crippen LogP contribution in [0.25, 0.3) is 0 Å². The number of hydrogen-bond acceptors (Lipinski definition) is 4. The molecule has 0 aliphatic carbocycles. The summed E-state index contributed by atoms with van der Waals surface area (Å²) in [6.45, 7) is 8.95. The first-order chi connectivity index (χ1) is 16.9. The lowest BCUT2D eigenvalue weighted by Crippen LogP contribution is -2.35. The fraction of sp³-hybridized carbons (Fsp3) is 0.414. The molecule has 1 aromatic heterocycles. The molecule has 1 amide bonds. The molecule has 0 unspecified atom stereocenters. The summed E-state index contributed by atoms with van der Waals surface area (Å²) >= 11 is 0. The molecule has 2 heterocycles. The summed E-state index contributed by atoms with van der Waals surface area (Å²) in [5, 5.41) is 0. The molecule has 3 aromatic rings. The standard InChI is InChI=1S/C29H35FN4O/c1-4-5-8-23-11-13-25(14-12-23)29(35)34-16-7-15-33(17-18-34)28-27(21(2)31-22(3)32-28)20-24-9-6-10-26(30)19-24/h6,9-14,19H,4-5,7-8,15-18,20H2,1-3H3.